The standard InChI is InChI=1S/C15H21NO3/c1-9(2)16-11(7-10(3)15(18)19)8-12-13(16)5-4-6-14(12)17/h4-6,9-11,17H,7-8H2,1-3H3,(H,18,19). The van der Waals surface area contributed by atoms with Gasteiger partial charge in [0.15, 0.2) is 0 Å². The van der Waals surface area contributed by atoms with E-state index in [4.69, 9.17) is 5.11 Å². The van der Waals surface area contributed by atoms with Gasteiger partial charge in [0.2, 0.25) is 0 Å². The minimum absolute atomic E-state index is 0.148. The fourth-order valence-electron chi connectivity index (χ4n) is 2.95. The first-order valence-corrected chi connectivity index (χ1v) is 6.73. The second-order valence-electron chi connectivity index (χ2n) is 5.61. The minimum Gasteiger partial charge on any atom is -0.508 e. The fraction of sp³-hybridized carbons (Fsp3) is 0.533. The number of carboxylic acid groups (broad SMARTS) is 1. The van der Waals surface area contributed by atoms with Gasteiger partial charge in [0.25, 0.3) is 0 Å². The number of nitrogens with zero attached hydrogens (tertiary/aromatic N) is 1. The summed E-state index contributed by atoms with van der Waals surface area (Å²) in [7, 11) is 0. The van der Waals surface area contributed by atoms with Gasteiger partial charge in [-0.2, -0.15) is 0 Å². The maximum atomic E-state index is 11.0. The number of aliphatic carboxylic acids is 1. The summed E-state index contributed by atoms with van der Waals surface area (Å²) < 4.78 is 0. The van der Waals surface area contributed by atoms with Gasteiger partial charge in [0.1, 0.15) is 5.75 Å². The maximum absolute atomic E-state index is 11.0. The SMILES string of the molecule is CC(CC1Cc2c(O)cccc2N1C(C)C)C(=O)O. The van der Waals surface area contributed by atoms with Crippen LogP contribution < -0.4 is 4.90 Å². The Balaban J connectivity index is 2.28. The van der Waals surface area contributed by atoms with Crippen molar-refractivity contribution in [2.75, 3.05) is 4.90 Å². The molecule has 19 heavy (non-hydrogen) atoms. The van der Waals surface area contributed by atoms with E-state index < -0.39 is 5.97 Å². The van der Waals surface area contributed by atoms with Gasteiger partial charge in [-0.3, -0.25) is 4.79 Å². The molecule has 2 unspecified atom stereocenters. The Labute approximate surface area is 113 Å². The molecule has 1 aliphatic heterocycles. The molecule has 0 saturated heterocycles. The molecule has 0 spiro atoms. The summed E-state index contributed by atoms with van der Waals surface area (Å²) in [5.41, 5.74) is 1.98. The Kier molecular flexibility index (Phi) is 3.69. The molecule has 2 rings (SSSR count). The summed E-state index contributed by atoms with van der Waals surface area (Å²) >= 11 is 0. The molecular formula is C15H21NO3. The van der Waals surface area contributed by atoms with E-state index in [1.807, 2.05) is 12.1 Å². The van der Waals surface area contributed by atoms with Gasteiger partial charge < -0.3 is 15.1 Å². The smallest absolute Gasteiger partial charge is 0.306 e. The van der Waals surface area contributed by atoms with Crippen LogP contribution in [0.1, 0.15) is 32.8 Å². The van der Waals surface area contributed by atoms with E-state index in [-0.39, 0.29) is 18.0 Å². The monoisotopic (exact) mass is 263 g/mol. The highest BCUT2D eigenvalue weighted by Gasteiger charge is 2.34. The van der Waals surface area contributed by atoms with E-state index in [1.54, 1.807) is 13.0 Å². The van der Waals surface area contributed by atoms with Gasteiger partial charge in [0, 0.05) is 23.3 Å². The lowest BCUT2D eigenvalue weighted by Crippen LogP contribution is -2.39. The third-order valence-corrected chi connectivity index (χ3v) is 3.84. The van der Waals surface area contributed by atoms with Gasteiger partial charge in [-0.05, 0) is 38.8 Å². The highest BCUT2D eigenvalue weighted by molar-refractivity contribution is 5.70. The Hall–Kier alpha value is -1.71. The zero-order valence-corrected chi connectivity index (χ0v) is 11.6. The second-order valence-corrected chi connectivity index (χ2v) is 5.61. The topological polar surface area (TPSA) is 60.8 Å². The van der Waals surface area contributed by atoms with Crippen molar-refractivity contribution < 1.29 is 15.0 Å². The number of anilines is 1. The molecule has 0 aliphatic carbocycles. The first-order chi connectivity index (χ1) is 8.91. The van der Waals surface area contributed by atoms with Crippen molar-refractivity contribution in [3.05, 3.63) is 23.8 Å². The summed E-state index contributed by atoms with van der Waals surface area (Å²) in [4.78, 5) is 13.3. The van der Waals surface area contributed by atoms with Gasteiger partial charge in [-0.25, -0.2) is 0 Å². The first-order valence-electron chi connectivity index (χ1n) is 6.73. The lowest BCUT2D eigenvalue weighted by Gasteiger charge is -2.32. The van der Waals surface area contributed by atoms with Crippen molar-refractivity contribution >= 4 is 11.7 Å². The van der Waals surface area contributed by atoms with Gasteiger partial charge in [0.05, 0.1) is 5.92 Å². The third kappa shape index (κ3) is 2.53. The Morgan fingerprint density at radius 3 is 2.68 bits per heavy atom. The Morgan fingerprint density at radius 2 is 2.11 bits per heavy atom. The number of hydrogen-bond donors (Lipinski definition) is 2. The molecule has 0 saturated carbocycles. The predicted molar refractivity (Wildman–Crippen MR) is 74.6 cm³/mol. The fourth-order valence-corrected chi connectivity index (χ4v) is 2.95. The highest BCUT2D eigenvalue weighted by atomic mass is 16.4. The average Bonchev–Trinajstić information content (AvgIpc) is 2.68. The van der Waals surface area contributed by atoms with E-state index in [9.17, 15) is 9.90 Å². The number of aromatic hydroxyl groups is 1. The molecule has 0 radical (unpaired) electrons. The highest BCUT2D eigenvalue weighted by Crippen LogP contribution is 2.40. The van der Waals surface area contributed by atoms with E-state index in [1.165, 1.54) is 0 Å². The third-order valence-electron chi connectivity index (χ3n) is 3.84. The number of hydrogen-bond acceptors (Lipinski definition) is 3. The predicted octanol–water partition coefficient (Wildman–Crippen LogP) is 2.64. The van der Waals surface area contributed by atoms with Crippen LogP contribution in [0.5, 0.6) is 5.75 Å². The zero-order chi connectivity index (χ0) is 14.2. The summed E-state index contributed by atoms with van der Waals surface area (Å²) in [5, 5.41) is 19.0. The molecule has 104 valence electrons. The second kappa shape index (κ2) is 5.11. The molecule has 4 nitrogen and oxygen atoms in total. The molecular weight excluding hydrogens is 242 g/mol. The van der Waals surface area contributed by atoms with E-state index in [0.717, 1.165) is 17.7 Å². The number of carboxylic acids is 1. The maximum Gasteiger partial charge on any atom is 0.306 e. The van der Waals surface area contributed by atoms with Gasteiger partial charge in [-0.1, -0.05) is 13.0 Å². The van der Waals surface area contributed by atoms with Crippen LogP contribution in [-0.4, -0.2) is 28.3 Å². The van der Waals surface area contributed by atoms with Gasteiger partial charge >= 0.3 is 5.97 Å². The van der Waals surface area contributed by atoms with Crippen LogP contribution in [0, 0.1) is 5.92 Å². The van der Waals surface area contributed by atoms with Crippen LogP contribution in [0.3, 0.4) is 0 Å². The van der Waals surface area contributed by atoms with Crippen LogP contribution in [0.4, 0.5) is 5.69 Å². The molecule has 0 amide bonds. The molecule has 0 fully saturated rings. The molecule has 1 aromatic carbocycles. The molecule has 1 aromatic rings. The number of carbonyl (C=O) groups is 1. The van der Waals surface area contributed by atoms with E-state index >= 15 is 0 Å². The lowest BCUT2D eigenvalue weighted by molar-refractivity contribution is -0.141. The average molecular weight is 263 g/mol. The quantitative estimate of drug-likeness (QED) is 0.876. The Morgan fingerprint density at radius 1 is 1.42 bits per heavy atom. The van der Waals surface area contributed by atoms with Crippen LogP contribution in [-0.2, 0) is 11.2 Å². The van der Waals surface area contributed by atoms with E-state index in [2.05, 4.69) is 18.7 Å². The van der Waals surface area contributed by atoms with Crippen LogP contribution in [0.2, 0.25) is 0 Å². The summed E-state index contributed by atoms with van der Waals surface area (Å²) in [6.45, 7) is 5.93. The zero-order valence-electron chi connectivity index (χ0n) is 11.6. The van der Waals surface area contributed by atoms with Crippen molar-refractivity contribution in [3.63, 3.8) is 0 Å². The largest absolute Gasteiger partial charge is 0.508 e. The van der Waals surface area contributed by atoms with Crippen molar-refractivity contribution in [2.24, 2.45) is 5.92 Å². The van der Waals surface area contributed by atoms with Crippen LogP contribution in [0.15, 0.2) is 18.2 Å². The minimum atomic E-state index is -0.760. The molecule has 4 heteroatoms. The van der Waals surface area contributed by atoms with Crippen molar-refractivity contribution in [1.29, 1.82) is 0 Å². The van der Waals surface area contributed by atoms with Crippen molar-refractivity contribution in [2.45, 2.75) is 45.7 Å². The normalized spacial score (nSPS) is 19.6. The molecule has 1 heterocycles. The summed E-state index contributed by atoms with van der Waals surface area (Å²) in [6, 6.07) is 5.97. The number of phenols is 1. The number of fused-ring (bicyclic) bond motifs is 1. The summed E-state index contributed by atoms with van der Waals surface area (Å²) in [5.74, 6) is -0.819. The first kappa shape index (κ1) is 13.7. The molecule has 2 N–H and O–H groups in total. The van der Waals surface area contributed by atoms with Crippen molar-refractivity contribution in [1.82, 2.24) is 0 Å². The molecule has 0 aromatic heterocycles. The molecule has 1 aliphatic rings. The summed E-state index contributed by atoms with van der Waals surface area (Å²) in [6.07, 6.45) is 1.32. The van der Waals surface area contributed by atoms with E-state index in [0.29, 0.717) is 12.2 Å². The number of benzene rings is 1. The van der Waals surface area contributed by atoms with Gasteiger partial charge in [-0.15, -0.1) is 0 Å². The Bertz CT molecular complexity index is 484. The van der Waals surface area contributed by atoms with Crippen LogP contribution in [0.25, 0.3) is 0 Å². The molecule has 0 bridgehead atoms. The van der Waals surface area contributed by atoms with Crippen LogP contribution >= 0.6 is 0 Å². The number of rotatable bonds is 4. The van der Waals surface area contributed by atoms with Crippen molar-refractivity contribution in [3.8, 4) is 5.75 Å². The lowest BCUT2D eigenvalue weighted by atomic mass is 9.98. The molecule has 2 atom stereocenters. The number of phenolic OH excluding ortho intramolecular Hbond substituents is 1.